The molecule has 6 nitrogen and oxygen atoms in total. The van der Waals surface area contributed by atoms with Crippen molar-refractivity contribution in [2.45, 2.75) is 0 Å². The van der Waals surface area contributed by atoms with E-state index in [0.717, 1.165) is 19.2 Å². The molecule has 86 valence electrons. The van der Waals surface area contributed by atoms with Crippen molar-refractivity contribution in [3.8, 4) is 5.75 Å². The Balaban J connectivity index is 2.75. The zero-order valence-electron chi connectivity index (χ0n) is 8.31. The van der Waals surface area contributed by atoms with E-state index >= 15 is 0 Å². The molecule has 0 spiro atoms. The monoisotopic (exact) mass is 229 g/mol. The second-order valence-corrected chi connectivity index (χ2v) is 2.74. The van der Waals surface area contributed by atoms with Gasteiger partial charge < -0.3 is 9.47 Å². The molecular weight excluding hydrogens is 221 g/mol. The van der Waals surface area contributed by atoms with Crippen LogP contribution in [0.2, 0.25) is 0 Å². The molecule has 0 aliphatic carbocycles. The van der Waals surface area contributed by atoms with Crippen molar-refractivity contribution >= 4 is 11.7 Å². The van der Waals surface area contributed by atoms with Crippen LogP contribution in [-0.4, -0.2) is 24.6 Å². The molecule has 0 atom stereocenters. The van der Waals surface area contributed by atoms with E-state index in [2.05, 4.69) is 4.74 Å². The number of halogens is 1. The summed E-state index contributed by atoms with van der Waals surface area (Å²) < 4.78 is 22.2. The van der Waals surface area contributed by atoms with Gasteiger partial charge in [0.05, 0.1) is 18.1 Å². The minimum absolute atomic E-state index is 0.240. The molecule has 0 radical (unpaired) electrons. The molecule has 16 heavy (non-hydrogen) atoms. The molecule has 1 aromatic carbocycles. The fraction of sp³-hybridized carbons (Fsp3) is 0.222. The van der Waals surface area contributed by atoms with Crippen molar-refractivity contribution in [1.82, 2.24) is 0 Å². The molecule has 0 fully saturated rings. The van der Waals surface area contributed by atoms with Crippen molar-refractivity contribution in [3.63, 3.8) is 0 Å². The van der Waals surface area contributed by atoms with Crippen molar-refractivity contribution in [2.24, 2.45) is 0 Å². The van der Waals surface area contributed by atoms with Crippen molar-refractivity contribution in [1.29, 1.82) is 0 Å². The van der Waals surface area contributed by atoms with E-state index in [1.165, 1.54) is 0 Å². The number of carbonyl (C=O) groups is 1. The van der Waals surface area contributed by atoms with Gasteiger partial charge in [0.2, 0.25) is 0 Å². The summed E-state index contributed by atoms with van der Waals surface area (Å²) in [6.45, 7) is -0.453. The van der Waals surface area contributed by atoms with Gasteiger partial charge in [-0.25, -0.2) is 9.18 Å². The van der Waals surface area contributed by atoms with Crippen LogP contribution >= 0.6 is 0 Å². The summed E-state index contributed by atoms with van der Waals surface area (Å²) in [6, 6.07) is 2.87. The molecule has 0 aromatic heterocycles. The number of esters is 1. The van der Waals surface area contributed by atoms with Gasteiger partial charge in [0, 0.05) is 6.07 Å². The highest BCUT2D eigenvalue weighted by molar-refractivity contribution is 5.70. The average Bonchev–Trinajstić information content (AvgIpc) is 2.26. The molecule has 0 bridgehead atoms. The van der Waals surface area contributed by atoms with E-state index in [1.807, 2.05) is 0 Å². The number of hydrogen-bond acceptors (Lipinski definition) is 5. The molecule has 0 amide bonds. The Labute approximate surface area is 89.7 Å². The Bertz CT molecular complexity index is 420. The number of hydrogen-bond donors (Lipinski definition) is 0. The standard InChI is InChI=1S/C9H8FNO5/c1-15-9(12)5-16-8-3-2-6(11(13)14)4-7(8)10/h2-4H,5H2,1H3. The third-order valence-corrected chi connectivity index (χ3v) is 1.70. The van der Waals surface area contributed by atoms with Crippen molar-refractivity contribution in [3.05, 3.63) is 34.1 Å². The van der Waals surface area contributed by atoms with Crippen LogP contribution in [0.5, 0.6) is 5.75 Å². The molecule has 0 N–H and O–H groups in total. The topological polar surface area (TPSA) is 78.7 Å². The second kappa shape index (κ2) is 5.06. The van der Waals surface area contributed by atoms with Gasteiger partial charge in [-0.05, 0) is 6.07 Å². The van der Waals surface area contributed by atoms with E-state index in [0.29, 0.717) is 6.07 Å². The maximum atomic E-state index is 13.2. The summed E-state index contributed by atoms with van der Waals surface area (Å²) in [5.74, 6) is -1.81. The van der Waals surface area contributed by atoms with E-state index in [4.69, 9.17) is 4.74 Å². The molecule has 0 aliphatic rings. The van der Waals surface area contributed by atoms with E-state index < -0.39 is 23.3 Å². The SMILES string of the molecule is COC(=O)COc1ccc([N+](=O)[O-])cc1F. The van der Waals surface area contributed by atoms with Gasteiger partial charge in [-0.15, -0.1) is 0 Å². The Hall–Kier alpha value is -2.18. The number of nitro benzene ring substituents is 1. The molecule has 0 saturated carbocycles. The van der Waals surface area contributed by atoms with Crippen LogP contribution in [0.3, 0.4) is 0 Å². The maximum absolute atomic E-state index is 13.2. The number of methoxy groups -OCH3 is 1. The normalized spacial score (nSPS) is 9.62. The zero-order chi connectivity index (χ0) is 12.1. The average molecular weight is 229 g/mol. The molecule has 1 aromatic rings. The highest BCUT2D eigenvalue weighted by Gasteiger charge is 2.12. The minimum atomic E-state index is -0.905. The smallest absolute Gasteiger partial charge is 0.343 e. The number of nitrogens with zero attached hydrogens (tertiary/aromatic N) is 1. The predicted molar refractivity (Wildman–Crippen MR) is 50.6 cm³/mol. The van der Waals surface area contributed by atoms with Crippen LogP contribution in [-0.2, 0) is 9.53 Å². The Morgan fingerprint density at radius 1 is 1.56 bits per heavy atom. The first-order valence-corrected chi connectivity index (χ1v) is 4.18. The first-order valence-electron chi connectivity index (χ1n) is 4.18. The number of non-ortho nitro benzene ring substituents is 1. The van der Waals surface area contributed by atoms with E-state index in [9.17, 15) is 19.3 Å². The van der Waals surface area contributed by atoms with Crippen LogP contribution in [0.15, 0.2) is 18.2 Å². The number of nitro groups is 1. The zero-order valence-corrected chi connectivity index (χ0v) is 8.31. The predicted octanol–water partition coefficient (Wildman–Crippen LogP) is 1.29. The van der Waals surface area contributed by atoms with Gasteiger partial charge in [0.1, 0.15) is 0 Å². The van der Waals surface area contributed by atoms with Crippen LogP contribution in [0.25, 0.3) is 0 Å². The molecule has 0 saturated heterocycles. The summed E-state index contributed by atoms with van der Waals surface area (Å²) >= 11 is 0. The molecule has 0 unspecified atom stereocenters. The lowest BCUT2D eigenvalue weighted by molar-refractivity contribution is -0.385. The quantitative estimate of drug-likeness (QED) is 0.441. The lowest BCUT2D eigenvalue weighted by Gasteiger charge is -2.05. The van der Waals surface area contributed by atoms with Crippen LogP contribution in [0, 0.1) is 15.9 Å². The van der Waals surface area contributed by atoms with Crippen molar-refractivity contribution < 1.29 is 23.6 Å². The highest BCUT2D eigenvalue weighted by Crippen LogP contribution is 2.22. The van der Waals surface area contributed by atoms with Gasteiger partial charge >= 0.3 is 5.97 Å². The van der Waals surface area contributed by atoms with Gasteiger partial charge in [-0.3, -0.25) is 10.1 Å². The summed E-state index contributed by atoms with van der Waals surface area (Å²) in [6.07, 6.45) is 0. The number of benzene rings is 1. The first kappa shape index (κ1) is 11.9. The van der Waals surface area contributed by atoms with Crippen LogP contribution in [0.4, 0.5) is 10.1 Å². The minimum Gasteiger partial charge on any atom is -0.479 e. The van der Waals surface area contributed by atoms with E-state index in [-0.39, 0.29) is 11.4 Å². The summed E-state index contributed by atoms with van der Waals surface area (Å²) in [5, 5.41) is 10.3. The first-order chi connectivity index (χ1) is 7.54. The largest absolute Gasteiger partial charge is 0.479 e. The fourth-order valence-corrected chi connectivity index (χ4v) is 0.916. The number of carbonyl (C=O) groups excluding carboxylic acids is 1. The second-order valence-electron chi connectivity index (χ2n) is 2.74. The Morgan fingerprint density at radius 2 is 2.25 bits per heavy atom. The molecule has 7 heteroatoms. The summed E-state index contributed by atoms with van der Waals surface area (Å²) in [4.78, 5) is 20.3. The maximum Gasteiger partial charge on any atom is 0.343 e. The lowest BCUT2D eigenvalue weighted by atomic mass is 10.3. The van der Waals surface area contributed by atoms with Gasteiger partial charge in [-0.1, -0.05) is 0 Å². The lowest BCUT2D eigenvalue weighted by Crippen LogP contribution is -2.13. The van der Waals surface area contributed by atoms with Gasteiger partial charge in [0.15, 0.2) is 18.2 Å². The Kier molecular flexibility index (Phi) is 3.76. The van der Waals surface area contributed by atoms with E-state index in [1.54, 1.807) is 0 Å². The third-order valence-electron chi connectivity index (χ3n) is 1.70. The molecule has 0 heterocycles. The van der Waals surface area contributed by atoms with Crippen LogP contribution in [0.1, 0.15) is 0 Å². The molecular formula is C9H8FNO5. The number of rotatable bonds is 4. The summed E-state index contributed by atoms with van der Waals surface area (Å²) in [5.41, 5.74) is -0.386. The summed E-state index contributed by atoms with van der Waals surface area (Å²) in [7, 11) is 1.16. The van der Waals surface area contributed by atoms with Gasteiger partial charge in [0.25, 0.3) is 5.69 Å². The number of ether oxygens (including phenoxy) is 2. The Morgan fingerprint density at radius 3 is 2.75 bits per heavy atom. The fourth-order valence-electron chi connectivity index (χ4n) is 0.916. The van der Waals surface area contributed by atoms with Crippen LogP contribution < -0.4 is 4.74 Å². The molecule has 1 rings (SSSR count). The molecule has 0 aliphatic heterocycles. The van der Waals surface area contributed by atoms with Crippen molar-refractivity contribution in [2.75, 3.05) is 13.7 Å². The highest BCUT2D eigenvalue weighted by atomic mass is 19.1. The van der Waals surface area contributed by atoms with Gasteiger partial charge in [-0.2, -0.15) is 0 Å². The third kappa shape index (κ3) is 2.91.